The van der Waals surface area contributed by atoms with E-state index in [9.17, 15) is 9.59 Å². The predicted molar refractivity (Wildman–Crippen MR) is 100.0 cm³/mol. The Kier molecular flexibility index (Phi) is 4.75. The Morgan fingerprint density at radius 1 is 0.808 bits per heavy atom. The highest BCUT2D eigenvalue weighted by Crippen LogP contribution is 2.26. The second-order valence-corrected chi connectivity index (χ2v) is 6.63. The van der Waals surface area contributed by atoms with Gasteiger partial charge in [0.25, 0.3) is 11.8 Å². The molecule has 0 unspecified atom stereocenters. The molecule has 0 N–H and O–H groups in total. The highest BCUT2D eigenvalue weighted by molar-refractivity contribution is 6.06. The first-order valence-electron chi connectivity index (χ1n) is 9.17. The molecule has 0 atom stereocenters. The van der Waals surface area contributed by atoms with Crippen LogP contribution >= 0.6 is 0 Å². The summed E-state index contributed by atoms with van der Waals surface area (Å²) in [6.07, 6.45) is 7.27. The van der Waals surface area contributed by atoms with E-state index < -0.39 is 0 Å². The quantitative estimate of drug-likeness (QED) is 0.833. The number of carbonyl (C=O) groups excluding carboxylic acids is 2. The van der Waals surface area contributed by atoms with Gasteiger partial charge in [-0.3, -0.25) is 9.59 Å². The normalized spacial score (nSPS) is 21.2. The van der Waals surface area contributed by atoms with Crippen molar-refractivity contribution in [3.05, 3.63) is 48.2 Å². The molecule has 0 radical (unpaired) electrons. The predicted octanol–water partition coefficient (Wildman–Crippen LogP) is 1.93. The van der Waals surface area contributed by atoms with Crippen LogP contribution in [0.3, 0.4) is 0 Å². The third-order valence-electron chi connectivity index (χ3n) is 5.03. The van der Waals surface area contributed by atoms with Gasteiger partial charge < -0.3 is 19.4 Å². The van der Waals surface area contributed by atoms with E-state index >= 15 is 0 Å². The molecule has 136 valence electrons. The lowest BCUT2D eigenvalue weighted by Crippen LogP contribution is -2.45. The van der Waals surface area contributed by atoms with E-state index in [1.54, 1.807) is 11.0 Å². The molecule has 0 saturated carbocycles. The summed E-state index contributed by atoms with van der Waals surface area (Å²) in [7, 11) is 0. The van der Waals surface area contributed by atoms with Crippen LogP contribution in [0.25, 0.3) is 0 Å². The highest BCUT2D eigenvalue weighted by atomic mass is 16.5. The van der Waals surface area contributed by atoms with Gasteiger partial charge in [-0.25, -0.2) is 0 Å². The Morgan fingerprint density at radius 2 is 1.46 bits per heavy atom. The van der Waals surface area contributed by atoms with Crippen molar-refractivity contribution in [1.82, 2.24) is 4.90 Å². The van der Waals surface area contributed by atoms with Gasteiger partial charge in [0.1, 0.15) is 0 Å². The smallest absolute Gasteiger partial charge is 0.274 e. The van der Waals surface area contributed by atoms with Crippen LogP contribution in [0.4, 0.5) is 11.4 Å². The minimum Gasteiger partial charge on any atom is -0.378 e. The zero-order valence-corrected chi connectivity index (χ0v) is 14.8. The van der Waals surface area contributed by atoms with E-state index in [0.717, 1.165) is 43.0 Å². The summed E-state index contributed by atoms with van der Waals surface area (Å²) < 4.78 is 5.39. The van der Waals surface area contributed by atoms with Crippen LogP contribution in [0.15, 0.2) is 48.2 Å². The molecule has 1 aromatic rings. The van der Waals surface area contributed by atoms with Crippen molar-refractivity contribution < 1.29 is 14.3 Å². The lowest BCUT2D eigenvalue weighted by molar-refractivity contribution is -0.117. The van der Waals surface area contributed by atoms with Crippen LogP contribution in [0.1, 0.15) is 12.8 Å². The first-order valence-corrected chi connectivity index (χ1v) is 9.17. The van der Waals surface area contributed by atoms with Crippen LogP contribution in [-0.2, 0) is 14.3 Å². The van der Waals surface area contributed by atoms with Crippen LogP contribution in [0.5, 0.6) is 0 Å². The van der Waals surface area contributed by atoms with Crippen LogP contribution in [0.2, 0.25) is 0 Å². The topological polar surface area (TPSA) is 53.1 Å². The minimum atomic E-state index is 0.00980. The summed E-state index contributed by atoms with van der Waals surface area (Å²) in [6.45, 7) is 4.22. The van der Waals surface area contributed by atoms with E-state index in [4.69, 9.17) is 4.74 Å². The largest absolute Gasteiger partial charge is 0.378 e. The van der Waals surface area contributed by atoms with Gasteiger partial charge in [0.05, 0.1) is 18.9 Å². The Bertz CT molecular complexity index is 748. The molecule has 6 nitrogen and oxygen atoms in total. The van der Waals surface area contributed by atoms with Crippen LogP contribution in [-0.4, -0.2) is 56.1 Å². The first kappa shape index (κ1) is 16.8. The van der Waals surface area contributed by atoms with Crippen molar-refractivity contribution in [2.24, 2.45) is 0 Å². The number of ether oxygens (including phenoxy) is 1. The molecule has 1 aromatic carbocycles. The number of hydrogen-bond acceptors (Lipinski definition) is 4. The molecule has 3 aliphatic heterocycles. The fourth-order valence-electron chi connectivity index (χ4n) is 3.63. The van der Waals surface area contributed by atoms with E-state index in [2.05, 4.69) is 4.90 Å². The van der Waals surface area contributed by atoms with E-state index in [1.807, 2.05) is 41.3 Å². The van der Waals surface area contributed by atoms with Crippen molar-refractivity contribution in [2.45, 2.75) is 12.8 Å². The molecule has 0 aliphatic carbocycles. The number of nitrogens with zero attached hydrogens (tertiary/aromatic N) is 3. The number of amides is 2. The van der Waals surface area contributed by atoms with E-state index in [-0.39, 0.29) is 11.8 Å². The molecule has 2 amide bonds. The summed E-state index contributed by atoms with van der Waals surface area (Å²) in [5.41, 5.74) is 2.52. The van der Waals surface area contributed by atoms with Gasteiger partial charge in [-0.05, 0) is 43.2 Å². The lowest BCUT2D eigenvalue weighted by atomic mass is 10.1. The summed E-state index contributed by atoms with van der Waals surface area (Å²) in [6, 6.07) is 7.71. The Morgan fingerprint density at radius 3 is 2.15 bits per heavy atom. The summed E-state index contributed by atoms with van der Waals surface area (Å²) >= 11 is 0. The number of rotatable bonds is 3. The van der Waals surface area contributed by atoms with Crippen molar-refractivity contribution in [3.8, 4) is 0 Å². The van der Waals surface area contributed by atoms with Gasteiger partial charge in [-0.15, -0.1) is 0 Å². The summed E-state index contributed by atoms with van der Waals surface area (Å²) in [5, 5.41) is 0. The Hall–Kier alpha value is -2.60. The van der Waals surface area contributed by atoms with Gasteiger partial charge in [0, 0.05) is 37.6 Å². The molecule has 26 heavy (non-hydrogen) atoms. The van der Waals surface area contributed by atoms with Gasteiger partial charge >= 0.3 is 0 Å². The van der Waals surface area contributed by atoms with Gasteiger partial charge in [-0.2, -0.15) is 0 Å². The highest BCUT2D eigenvalue weighted by Gasteiger charge is 2.28. The molecule has 4 rings (SSSR count). The average Bonchev–Trinajstić information content (AvgIpc) is 2.69. The van der Waals surface area contributed by atoms with Gasteiger partial charge in [0.2, 0.25) is 0 Å². The first-order chi connectivity index (χ1) is 12.7. The molecule has 0 spiro atoms. The summed E-state index contributed by atoms with van der Waals surface area (Å²) in [4.78, 5) is 30.7. The maximum Gasteiger partial charge on any atom is 0.274 e. The Balaban J connectivity index is 1.50. The molecule has 0 aromatic heterocycles. The maximum atomic E-state index is 13.0. The fourth-order valence-corrected chi connectivity index (χ4v) is 3.63. The number of hydrogen-bond donors (Lipinski definition) is 0. The average molecular weight is 353 g/mol. The third-order valence-corrected chi connectivity index (χ3v) is 5.03. The molecule has 3 aliphatic rings. The molecule has 1 saturated heterocycles. The standard InChI is InChI=1S/C20H23N3O3/c24-19-5-1-2-10-22(19)16-6-8-17(9-7-16)23-11-3-4-18(20(23)25)21-12-14-26-15-13-21/h1,4-9H,2-3,10-15H2. The Labute approximate surface area is 153 Å². The second kappa shape index (κ2) is 7.33. The number of anilines is 2. The molecular weight excluding hydrogens is 330 g/mol. The number of benzene rings is 1. The summed E-state index contributed by atoms with van der Waals surface area (Å²) in [5.74, 6) is 0.0541. The van der Waals surface area contributed by atoms with Gasteiger partial charge in [0.15, 0.2) is 0 Å². The third kappa shape index (κ3) is 3.24. The number of carbonyl (C=O) groups is 2. The second-order valence-electron chi connectivity index (χ2n) is 6.63. The molecule has 1 fully saturated rings. The lowest BCUT2D eigenvalue weighted by Gasteiger charge is -2.35. The van der Waals surface area contributed by atoms with E-state index in [0.29, 0.717) is 26.3 Å². The zero-order chi connectivity index (χ0) is 17.9. The SMILES string of the molecule is O=C1C=CCCN1c1ccc(N2CCC=C(N3CCOCC3)C2=O)cc1. The van der Waals surface area contributed by atoms with Crippen molar-refractivity contribution >= 4 is 23.2 Å². The molecule has 3 heterocycles. The van der Waals surface area contributed by atoms with Gasteiger partial charge in [-0.1, -0.05) is 12.2 Å². The monoisotopic (exact) mass is 353 g/mol. The fraction of sp³-hybridized carbons (Fsp3) is 0.400. The maximum absolute atomic E-state index is 13.0. The van der Waals surface area contributed by atoms with Crippen LogP contribution in [0, 0.1) is 0 Å². The zero-order valence-electron chi connectivity index (χ0n) is 14.8. The molecule has 6 heteroatoms. The minimum absolute atomic E-state index is 0.00980. The molecule has 0 bridgehead atoms. The van der Waals surface area contributed by atoms with Crippen molar-refractivity contribution in [3.63, 3.8) is 0 Å². The molecular formula is C20H23N3O3. The van der Waals surface area contributed by atoms with Crippen LogP contribution < -0.4 is 9.80 Å². The van der Waals surface area contributed by atoms with Crippen molar-refractivity contribution in [2.75, 3.05) is 49.2 Å². The number of morpholine rings is 1. The van der Waals surface area contributed by atoms with Crippen molar-refractivity contribution in [1.29, 1.82) is 0 Å². The van der Waals surface area contributed by atoms with E-state index in [1.165, 1.54) is 0 Å².